The molecule has 0 bridgehead atoms. The van der Waals surface area contributed by atoms with E-state index in [-0.39, 0.29) is 36.5 Å². The molecule has 30 heavy (non-hydrogen) atoms. The van der Waals surface area contributed by atoms with Gasteiger partial charge in [-0.2, -0.15) is 10.5 Å². The van der Waals surface area contributed by atoms with E-state index < -0.39 is 0 Å². The largest absolute Gasteiger partial charge is 1.00 e. The molecular formula is C24H24LiN3O2. The van der Waals surface area contributed by atoms with Gasteiger partial charge < -0.3 is 10.1 Å². The summed E-state index contributed by atoms with van der Waals surface area (Å²) in [5, 5.41) is 21.6. The van der Waals surface area contributed by atoms with E-state index in [1.165, 1.54) is 0 Å². The van der Waals surface area contributed by atoms with Crippen LogP contribution in [0, 0.1) is 28.6 Å². The molecule has 6 heteroatoms. The van der Waals surface area contributed by atoms with Crippen LogP contribution < -0.4 is 18.9 Å². The number of carbonyl (C=O) groups excluding carboxylic acids is 2. The Kier molecular flexibility index (Phi) is 11.2. The molecule has 0 N–H and O–H groups in total. The van der Waals surface area contributed by atoms with Gasteiger partial charge in [-0.25, -0.2) is 0 Å². The van der Waals surface area contributed by atoms with Crippen LogP contribution in [-0.4, -0.2) is 18.2 Å². The third-order valence-electron chi connectivity index (χ3n) is 4.81. The topological polar surface area (TPSA) is 95.8 Å². The SMILES string of the molecule is CC(CCCCCC[N-]C(=O)c1ccc(C#N)cc1)C(=O)c1ccc(C#N)cc1.[Li+]. The van der Waals surface area contributed by atoms with Gasteiger partial charge in [-0.1, -0.05) is 56.9 Å². The summed E-state index contributed by atoms with van der Waals surface area (Å²) < 4.78 is 0. The zero-order valence-electron chi connectivity index (χ0n) is 17.6. The molecule has 0 aliphatic carbocycles. The molecule has 2 aromatic rings. The summed E-state index contributed by atoms with van der Waals surface area (Å²) in [5.74, 6) is -0.195. The molecule has 0 aliphatic heterocycles. The normalized spacial score (nSPS) is 10.8. The summed E-state index contributed by atoms with van der Waals surface area (Å²) in [5.41, 5.74) is 2.22. The summed E-state index contributed by atoms with van der Waals surface area (Å²) in [6.45, 7) is 2.42. The number of unbranched alkanes of at least 4 members (excludes halogenated alkanes) is 3. The Balaban J connectivity index is 0.00000450. The fourth-order valence-electron chi connectivity index (χ4n) is 3.00. The monoisotopic (exact) mass is 393 g/mol. The molecule has 0 saturated heterocycles. The summed E-state index contributed by atoms with van der Waals surface area (Å²) in [6.07, 6.45) is 4.56. The van der Waals surface area contributed by atoms with Gasteiger partial charge in [0.05, 0.1) is 29.2 Å². The van der Waals surface area contributed by atoms with Crippen molar-refractivity contribution in [3.8, 4) is 12.1 Å². The van der Waals surface area contributed by atoms with E-state index in [0.29, 0.717) is 28.8 Å². The van der Waals surface area contributed by atoms with Crippen LogP contribution >= 0.6 is 0 Å². The predicted molar refractivity (Wildman–Crippen MR) is 111 cm³/mol. The molecule has 0 fully saturated rings. The number of Topliss-reactive ketones (excluding diaryl/α,β-unsaturated/α-hetero) is 1. The van der Waals surface area contributed by atoms with Crippen molar-refractivity contribution in [1.82, 2.24) is 0 Å². The molecule has 1 amide bonds. The quantitative estimate of drug-likeness (QED) is 0.352. The first-order valence-corrected chi connectivity index (χ1v) is 9.81. The van der Waals surface area contributed by atoms with Gasteiger partial charge in [0.1, 0.15) is 0 Å². The average molecular weight is 393 g/mol. The Bertz CT molecular complexity index is 909. The summed E-state index contributed by atoms with van der Waals surface area (Å²) in [7, 11) is 0. The van der Waals surface area contributed by atoms with E-state index in [4.69, 9.17) is 10.5 Å². The second kappa shape index (κ2) is 13.4. The van der Waals surface area contributed by atoms with Gasteiger partial charge in [-0.15, -0.1) is 6.54 Å². The molecule has 1 unspecified atom stereocenters. The number of benzene rings is 2. The van der Waals surface area contributed by atoms with Crippen molar-refractivity contribution in [2.75, 3.05) is 6.54 Å². The molecule has 0 heterocycles. The molecule has 0 saturated carbocycles. The zero-order valence-corrected chi connectivity index (χ0v) is 17.6. The predicted octanol–water partition coefficient (Wildman–Crippen LogP) is 2.42. The third-order valence-corrected chi connectivity index (χ3v) is 4.81. The van der Waals surface area contributed by atoms with Gasteiger partial charge in [-0.3, -0.25) is 4.79 Å². The van der Waals surface area contributed by atoms with Crippen molar-refractivity contribution in [2.45, 2.75) is 39.0 Å². The molecule has 0 spiro atoms. The van der Waals surface area contributed by atoms with Crippen LogP contribution in [0.3, 0.4) is 0 Å². The first kappa shape index (κ1) is 25.2. The molecule has 0 aliphatic rings. The molecule has 148 valence electrons. The Hall–Kier alpha value is -2.84. The van der Waals surface area contributed by atoms with Crippen LogP contribution in [0.25, 0.3) is 5.32 Å². The number of rotatable bonds is 10. The van der Waals surface area contributed by atoms with Crippen molar-refractivity contribution in [3.63, 3.8) is 0 Å². The number of hydrogen-bond acceptors (Lipinski definition) is 4. The standard InChI is InChI=1S/C24H25N3O2.Li/c1-18(23(28)21-11-7-19(16-25)8-12-21)6-4-2-3-5-15-27-24(29)22-13-9-20(17-26)10-14-22;/h7-14,18H,2-6,15H2,1H3,(H,27,29);/q;+1/p-1. The molecule has 5 nitrogen and oxygen atoms in total. The Morgan fingerprint density at radius 1 is 0.833 bits per heavy atom. The number of ketones is 1. The first-order chi connectivity index (χ1) is 14.0. The van der Waals surface area contributed by atoms with E-state index in [1.807, 2.05) is 13.0 Å². The van der Waals surface area contributed by atoms with Gasteiger partial charge in [0.15, 0.2) is 5.78 Å². The van der Waals surface area contributed by atoms with Gasteiger partial charge in [-0.05, 0) is 36.2 Å². The van der Waals surface area contributed by atoms with Crippen molar-refractivity contribution in [1.29, 1.82) is 10.5 Å². The van der Waals surface area contributed by atoms with Gasteiger partial charge in [0.25, 0.3) is 0 Å². The fourth-order valence-corrected chi connectivity index (χ4v) is 3.00. The minimum absolute atomic E-state index is 0. The maximum Gasteiger partial charge on any atom is 1.00 e. The van der Waals surface area contributed by atoms with Crippen LogP contribution in [-0.2, 0) is 0 Å². The third kappa shape index (κ3) is 7.88. The number of carbonyl (C=O) groups is 2. The zero-order chi connectivity index (χ0) is 21.1. The smallest absolute Gasteiger partial charge is 0.649 e. The fraction of sp³-hybridized carbons (Fsp3) is 0.333. The van der Waals surface area contributed by atoms with Crippen molar-refractivity contribution < 1.29 is 28.4 Å². The minimum atomic E-state index is -0.254. The van der Waals surface area contributed by atoms with E-state index in [9.17, 15) is 9.59 Å². The number of nitriles is 2. The van der Waals surface area contributed by atoms with Gasteiger partial charge in [0, 0.05) is 11.5 Å². The maximum atomic E-state index is 12.4. The second-order valence-electron chi connectivity index (χ2n) is 7.03. The van der Waals surface area contributed by atoms with Crippen LogP contribution in [0.5, 0.6) is 0 Å². The Morgan fingerprint density at radius 3 is 1.87 bits per heavy atom. The van der Waals surface area contributed by atoms with Crippen molar-refractivity contribution in [2.24, 2.45) is 5.92 Å². The van der Waals surface area contributed by atoms with Gasteiger partial charge >= 0.3 is 18.9 Å². The van der Waals surface area contributed by atoms with E-state index in [2.05, 4.69) is 11.4 Å². The molecular weight excluding hydrogens is 369 g/mol. The molecule has 0 radical (unpaired) electrons. The number of nitrogens with zero attached hydrogens (tertiary/aromatic N) is 3. The van der Waals surface area contributed by atoms with E-state index in [0.717, 1.165) is 32.1 Å². The van der Waals surface area contributed by atoms with Crippen molar-refractivity contribution in [3.05, 3.63) is 76.1 Å². The minimum Gasteiger partial charge on any atom is -0.649 e. The Morgan fingerprint density at radius 2 is 1.33 bits per heavy atom. The summed E-state index contributed by atoms with van der Waals surface area (Å²) in [6, 6.07) is 17.3. The van der Waals surface area contributed by atoms with E-state index >= 15 is 0 Å². The molecule has 0 aromatic heterocycles. The van der Waals surface area contributed by atoms with Crippen LogP contribution in [0.4, 0.5) is 0 Å². The average Bonchev–Trinajstić information content (AvgIpc) is 2.77. The van der Waals surface area contributed by atoms with Crippen LogP contribution in [0.2, 0.25) is 0 Å². The van der Waals surface area contributed by atoms with Crippen LogP contribution in [0.15, 0.2) is 48.5 Å². The molecule has 2 aromatic carbocycles. The maximum absolute atomic E-state index is 12.4. The number of amides is 1. The molecule has 1 atom stereocenters. The molecule has 2 rings (SSSR count). The first-order valence-electron chi connectivity index (χ1n) is 9.81. The Labute approximate surface area is 190 Å². The van der Waals surface area contributed by atoms with Crippen LogP contribution in [0.1, 0.15) is 70.9 Å². The summed E-state index contributed by atoms with van der Waals surface area (Å²) >= 11 is 0. The second-order valence-corrected chi connectivity index (χ2v) is 7.03. The summed E-state index contributed by atoms with van der Waals surface area (Å²) in [4.78, 5) is 24.4. The number of hydrogen-bond donors (Lipinski definition) is 0. The van der Waals surface area contributed by atoms with E-state index in [1.54, 1.807) is 48.5 Å². The van der Waals surface area contributed by atoms with Crippen molar-refractivity contribution >= 4 is 11.7 Å². The van der Waals surface area contributed by atoms with Gasteiger partial charge in [0.2, 0.25) is 0 Å².